The second-order valence-electron chi connectivity index (χ2n) is 8.06. The van der Waals surface area contributed by atoms with Crippen LogP contribution in [0.15, 0.2) is 30.3 Å². The van der Waals surface area contributed by atoms with E-state index in [2.05, 4.69) is 17.4 Å². The van der Waals surface area contributed by atoms with Gasteiger partial charge in [0.05, 0.1) is 25.4 Å². The summed E-state index contributed by atoms with van der Waals surface area (Å²) < 4.78 is 12.1. The third kappa shape index (κ3) is 4.13. The van der Waals surface area contributed by atoms with E-state index in [0.29, 0.717) is 26.3 Å². The lowest BCUT2D eigenvalue weighted by Crippen LogP contribution is -2.53. The van der Waals surface area contributed by atoms with Crippen molar-refractivity contribution in [3.63, 3.8) is 0 Å². The van der Waals surface area contributed by atoms with Gasteiger partial charge in [0.25, 0.3) is 0 Å². The summed E-state index contributed by atoms with van der Waals surface area (Å²) in [7, 11) is 0. The number of nitrogens with zero attached hydrogens (tertiary/aromatic N) is 1. The Balaban J connectivity index is 1.50. The molecule has 0 spiro atoms. The van der Waals surface area contributed by atoms with Gasteiger partial charge in [-0.05, 0) is 24.9 Å². The summed E-state index contributed by atoms with van der Waals surface area (Å²) in [4.78, 5) is 15.1. The lowest BCUT2D eigenvalue weighted by atomic mass is 9.95. The quantitative estimate of drug-likeness (QED) is 0.830. The molecule has 0 bridgehead atoms. The van der Waals surface area contributed by atoms with Gasteiger partial charge in [-0.15, -0.1) is 0 Å². The highest BCUT2D eigenvalue weighted by Gasteiger charge is 2.50. The Morgan fingerprint density at radius 3 is 2.56 bits per heavy atom. The standard InChI is InChI=1S/C21H31N3O3/c22-11-16-13-26-20-18(14-27-19(16)20)24(12-15-7-3-1-4-8-15)21(25)23-17-9-5-2-6-10-17/h1,3-4,7-8,16-20H,2,5-6,9-14,22H2,(H,23,25)/t16-,18-,19+,20+/m0/s1. The molecule has 3 N–H and O–H groups in total. The Bertz CT molecular complexity index is 620. The Morgan fingerprint density at radius 2 is 1.81 bits per heavy atom. The topological polar surface area (TPSA) is 76.8 Å². The summed E-state index contributed by atoms with van der Waals surface area (Å²) in [6.45, 7) is 2.25. The average Bonchev–Trinajstić information content (AvgIpc) is 3.29. The van der Waals surface area contributed by atoms with E-state index in [1.165, 1.54) is 19.3 Å². The van der Waals surface area contributed by atoms with Crippen LogP contribution in [-0.4, -0.2) is 55.0 Å². The zero-order valence-corrected chi connectivity index (χ0v) is 15.9. The maximum absolute atomic E-state index is 13.2. The minimum Gasteiger partial charge on any atom is -0.373 e. The maximum Gasteiger partial charge on any atom is 0.318 e. The molecule has 1 aromatic rings. The molecule has 1 saturated carbocycles. The monoisotopic (exact) mass is 373 g/mol. The van der Waals surface area contributed by atoms with Crippen LogP contribution in [0.2, 0.25) is 0 Å². The molecule has 2 saturated heterocycles. The molecule has 6 nitrogen and oxygen atoms in total. The van der Waals surface area contributed by atoms with Gasteiger partial charge in [-0.3, -0.25) is 0 Å². The van der Waals surface area contributed by atoms with Gasteiger partial charge in [0, 0.05) is 18.5 Å². The van der Waals surface area contributed by atoms with Crippen molar-refractivity contribution in [3.8, 4) is 0 Å². The predicted molar refractivity (Wildman–Crippen MR) is 103 cm³/mol. The Morgan fingerprint density at radius 1 is 1.07 bits per heavy atom. The molecule has 3 fully saturated rings. The highest BCUT2D eigenvalue weighted by atomic mass is 16.6. The molecule has 27 heavy (non-hydrogen) atoms. The number of rotatable bonds is 5. The molecular formula is C21H31N3O3. The average molecular weight is 373 g/mol. The van der Waals surface area contributed by atoms with Crippen LogP contribution < -0.4 is 11.1 Å². The molecule has 0 unspecified atom stereocenters. The Kier molecular flexibility index (Phi) is 5.95. The lowest BCUT2D eigenvalue weighted by Gasteiger charge is -2.33. The SMILES string of the molecule is NC[C@H]1CO[C@H]2[C@@H]1OC[C@@H]2N(Cc1ccccc1)C(=O)NC1CCCCC1. The van der Waals surface area contributed by atoms with Crippen molar-refractivity contribution in [1.29, 1.82) is 0 Å². The number of nitrogens with two attached hydrogens (primary N) is 1. The summed E-state index contributed by atoms with van der Waals surface area (Å²) in [5, 5.41) is 3.27. The highest BCUT2D eigenvalue weighted by molar-refractivity contribution is 5.75. The molecular weight excluding hydrogens is 342 g/mol. The van der Waals surface area contributed by atoms with E-state index in [4.69, 9.17) is 15.2 Å². The van der Waals surface area contributed by atoms with E-state index < -0.39 is 0 Å². The van der Waals surface area contributed by atoms with E-state index >= 15 is 0 Å². The van der Waals surface area contributed by atoms with Crippen molar-refractivity contribution in [2.75, 3.05) is 19.8 Å². The molecule has 4 rings (SSSR count). The van der Waals surface area contributed by atoms with E-state index in [1.807, 2.05) is 23.1 Å². The zero-order chi connectivity index (χ0) is 18.6. The first kappa shape index (κ1) is 18.7. The third-order valence-corrected chi connectivity index (χ3v) is 6.22. The van der Waals surface area contributed by atoms with Gasteiger partial charge in [-0.1, -0.05) is 49.6 Å². The molecule has 3 aliphatic rings. The normalized spacial score (nSPS) is 30.9. The first-order chi connectivity index (χ1) is 13.3. The smallest absolute Gasteiger partial charge is 0.318 e. The van der Waals surface area contributed by atoms with Crippen molar-refractivity contribution in [2.45, 2.75) is 62.9 Å². The lowest BCUT2D eigenvalue weighted by molar-refractivity contribution is 0.0470. The molecule has 1 aliphatic carbocycles. The number of hydrogen-bond donors (Lipinski definition) is 2. The summed E-state index contributed by atoms with van der Waals surface area (Å²) in [5.41, 5.74) is 6.98. The van der Waals surface area contributed by atoms with Crippen molar-refractivity contribution < 1.29 is 14.3 Å². The zero-order valence-electron chi connectivity index (χ0n) is 15.9. The van der Waals surface area contributed by atoms with Gasteiger partial charge >= 0.3 is 6.03 Å². The fourth-order valence-electron chi connectivity index (χ4n) is 4.65. The number of ether oxygens (including phenoxy) is 2. The second kappa shape index (κ2) is 8.59. The van der Waals surface area contributed by atoms with Crippen LogP contribution in [0, 0.1) is 5.92 Å². The van der Waals surface area contributed by atoms with E-state index in [0.717, 1.165) is 18.4 Å². The summed E-state index contributed by atoms with van der Waals surface area (Å²) in [5.74, 6) is 0.222. The van der Waals surface area contributed by atoms with Crippen molar-refractivity contribution in [2.24, 2.45) is 11.7 Å². The molecule has 1 aromatic carbocycles. The molecule has 0 radical (unpaired) electrons. The number of fused-ring (bicyclic) bond motifs is 1. The van der Waals surface area contributed by atoms with E-state index in [9.17, 15) is 4.79 Å². The largest absolute Gasteiger partial charge is 0.373 e. The Hall–Kier alpha value is -1.63. The number of benzene rings is 1. The molecule has 4 atom stereocenters. The van der Waals surface area contributed by atoms with Gasteiger partial charge in [0.15, 0.2) is 0 Å². The molecule has 2 amide bonds. The Labute approximate surface area is 161 Å². The van der Waals surface area contributed by atoms with Crippen LogP contribution in [0.3, 0.4) is 0 Å². The van der Waals surface area contributed by atoms with Crippen LogP contribution in [0.5, 0.6) is 0 Å². The molecule has 0 aromatic heterocycles. The fraction of sp³-hybridized carbons (Fsp3) is 0.667. The second-order valence-corrected chi connectivity index (χ2v) is 8.06. The minimum absolute atomic E-state index is 0.000184. The van der Waals surface area contributed by atoms with Crippen LogP contribution in [0.4, 0.5) is 4.79 Å². The van der Waals surface area contributed by atoms with Crippen molar-refractivity contribution in [3.05, 3.63) is 35.9 Å². The third-order valence-electron chi connectivity index (χ3n) is 6.22. The van der Waals surface area contributed by atoms with Crippen LogP contribution >= 0.6 is 0 Å². The molecule has 6 heteroatoms. The summed E-state index contributed by atoms with van der Waals surface area (Å²) in [6, 6.07) is 10.3. The van der Waals surface area contributed by atoms with Crippen molar-refractivity contribution in [1.82, 2.24) is 10.2 Å². The van der Waals surface area contributed by atoms with Gasteiger partial charge in [-0.2, -0.15) is 0 Å². The van der Waals surface area contributed by atoms with Gasteiger partial charge in [-0.25, -0.2) is 4.79 Å². The van der Waals surface area contributed by atoms with E-state index in [1.54, 1.807) is 0 Å². The molecule has 2 heterocycles. The summed E-state index contributed by atoms with van der Waals surface area (Å²) >= 11 is 0. The minimum atomic E-state index is -0.0839. The fourth-order valence-corrected chi connectivity index (χ4v) is 4.65. The number of carbonyl (C=O) groups excluding carboxylic acids is 1. The molecule has 148 valence electrons. The van der Waals surface area contributed by atoms with Crippen LogP contribution in [-0.2, 0) is 16.0 Å². The number of urea groups is 1. The van der Waals surface area contributed by atoms with Crippen LogP contribution in [0.1, 0.15) is 37.7 Å². The van der Waals surface area contributed by atoms with E-state index in [-0.39, 0.29) is 36.2 Å². The van der Waals surface area contributed by atoms with Gasteiger partial charge in [0.2, 0.25) is 0 Å². The summed E-state index contributed by atoms with van der Waals surface area (Å²) in [6.07, 6.45) is 5.73. The number of nitrogens with one attached hydrogen (secondary N) is 1. The molecule has 2 aliphatic heterocycles. The highest BCUT2D eigenvalue weighted by Crippen LogP contribution is 2.34. The number of amides is 2. The van der Waals surface area contributed by atoms with Crippen LogP contribution in [0.25, 0.3) is 0 Å². The van der Waals surface area contributed by atoms with Gasteiger partial charge in [0.1, 0.15) is 6.10 Å². The first-order valence-electron chi connectivity index (χ1n) is 10.3. The van der Waals surface area contributed by atoms with Gasteiger partial charge < -0.3 is 25.4 Å². The first-order valence-corrected chi connectivity index (χ1v) is 10.3. The predicted octanol–water partition coefficient (Wildman–Crippen LogP) is 2.27. The number of carbonyl (C=O) groups is 1. The van der Waals surface area contributed by atoms with Crippen molar-refractivity contribution >= 4 is 6.03 Å². The maximum atomic E-state index is 13.2. The number of hydrogen-bond acceptors (Lipinski definition) is 4.